The van der Waals surface area contributed by atoms with Crippen molar-refractivity contribution in [2.75, 3.05) is 26.2 Å². The molecule has 4 rings (SSSR count). The van der Waals surface area contributed by atoms with Gasteiger partial charge in [0.05, 0.1) is 0 Å². The molecule has 2 fully saturated rings. The molecule has 0 radical (unpaired) electrons. The van der Waals surface area contributed by atoms with Crippen LogP contribution in [0.5, 0.6) is 0 Å². The highest BCUT2D eigenvalue weighted by atomic mass is 16.2. The Bertz CT molecular complexity index is 982. The lowest BCUT2D eigenvalue weighted by molar-refractivity contribution is -0.136. The highest BCUT2D eigenvalue weighted by Gasteiger charge is 2.29. The minimum absolute atomic E-state index is 0.0326. The molecule has 2 aliphatic rings. The Balaban J connectivity index is 1.41. The predicted molar refractivity (Wildman–Crippen MR) is 123 cm³/mol. The number of pyridine rings is 1. The fourth-order valence-electron chi connectivity index (χ4n) is 4.73. The molecule has 0 saturated carbocycles. The standard InChI is InChI=1S/C25H32N4O3/c30-23(29-16-5-4-11-21(29)18-27-13-6-7-14-27)19-28-15-8-12-22(25(28)32)24(31)26-17-20-9-2-1-3-10-20/h1-3,8-10,12,15,21H,4-7,11,13-14,16-19H2,(H,26,31). The van der Waals surface area contributed by atoms with Gasteiger partial charge in [0.2, 0.25) is 5.91 Å². The molecule has 3 heterocycles. The molecule has 1 atom stereocenters. The smallest absolute Gasteiger partial charge is 0.263 e. The van der Waals surface area contributed by atoms with Gasteiger partial charge in [0, 0.05) is 31.9 Å². The average Bonchev–Trinajstić information content (AvgIpc) is 3.33. The summed E-state index contributed by atoms with van der Waals surface area (Å²) in [6, 6.07) is 12.9. The molecule has 0 aliphatic carbocycles. The van der Waals surface area contributed by atoms with Crippen molar-refractivity contribution in [1.82, 2.24) is 19.7 Å². The van der Waals surface area contributed by atoms with E-state index in [1.54, 1.807) is 12.3 Å². The van der Waals surface area contributed by atoms with Gasteiger partial charge in [0.25, 0.3) is 11.5 Å². The molecular formula is C25H32N4O3. The Morgan fingerprint density at radius 2 is 1.69 bits per heavy atom. The van der Waals surface area contributed by atoms with E-state index in [0.29, 0.717) is 6.54 Å². The number of rotatable bonds is 7. The van der Waals surface area contributed by atoms with Crippen LogP contribution in [-0.4, -0.2) is 58.4 Å². The first-order valence-electron chi connectivity index (χ1n) is 11.7. The molecule has 2 saturated heterocycles. The molecule has 2 amide bonds. The van der Waals surface area contributed by atoms with E-state index in [4.69, 9.17) is 0 Å². The summed E-state index contributed by atoms with van der Waals surface area (Å²) in [7, 11) is 0. The van der Waals surface area contributed by atoms with Crippen molar-refractivity contribution >= 4 is 11.8 Å². The van der Waals surface area contributed by atoms with Gasteiger partial charge in [-0.25, -0.2) is 0 Å². The number of nitrogens with one attached hydrogen (secondary N) is 1. The lowest BCUT2D eigenvalue weighted by atomic mass is 10.0. The van der Waals surface area contributed by atoms with Crippen LogP contribution >= 0.6 is 0 Å². The molecule has 0 bridgehead atoms. The van der Waals surface area contributed by atoms with Crippen molar-refractivity contribution in [3.63, 3.8) is 0 Å². The van der Waals surface area contributed by atoms with Crippen LogP contribution in [0.25, 0.3) is 0 Å². The Kier molecular flexibility index (Phi) is 7.37. The van der Waals surface area contributed by atoms with Gasteiger partial charge in [-0.05, 0) is 62.9 Å². The first-order valence-corrected chi connectivity index (χ1v) is 11.7. The second kappa shape index (κ2) is 10.6. The number of nitrogens with zero attached hydrogens (tertiary/aromatic N) is 3. The molecule has 1 aromatic carbocycles. The van der Waals surface area contributed by atoms with Crippen molar-refractivity contribution in [1.29, 1.82) is 0 Å². The second-order valence-electron chi connectivity index (χ2n) is 8.77. The average molecular weight is 437 g/mol. The monoisotopic (exact) mass is 436 g/mol. The number of carbonyl (C=O) groups is 2. The Morgan fingerprint density at radius 3 is 2.47 bits per heavy atom. The van der Waals surface area contributed by atoms with Gasteiger partial charge in [-0.3, -0.25) is 14.4 Å². The zero-order valence-corrected chi connectivity index (χ0v) is 18.5. The van der Waals surface area contributed by atoms with Crippen molar-refractivity contribution in [3.8, 4) is 0 Å². The second-order valence-corrected chi connectivity index (χ2v) is 8.77. The summed E-state index contributed by atoms with van der Waals surface area (Å²) in [5, 5.41) is 2.79. The molecule has 32 heavy (non-hydrogen) atoms. The lowest BCUT2D eigenvalue weighted by Crippen LogP contribution is -2.50. The van der Waals surface area contributed by atoms with E-state index in [1.165, 1.54) is 23.5 Å². The van der Waals surface area contributed by atoms with Crippen LogP contribution in [0, 0.1) is 0 Å². The van der Waals surface area contributed by atoms with Crippen LogP contribution in [0.3, 0.4) is 0 Å². The zero-order chi connectivity index (χ0) is 22.3. The van der Waals surface area contributed by atoms with Gasteiger partial charge in [-0.15, -0.1) is 0 Å². The molecule has 2 aromatic rings. The van der Waals surface area contributed by atoms with Crippen molar-refractivity contribution in [2.45, 2.75) is 51.2 Å². The van der Waals surface area contributed by atoms with Gasteiger partial charge < -0.3 is 19.7 Å². The van der Waals surface area contributed by atoms with E-state index in [-0.39, 0.29) is 24.1 Å². The summed E-state index contributed by atoms with van der Waals surface area (Å²) >= 11 is 0. The number of likely N-dealkylation sites (tertiary alicyclic amines) is 2. The van der Waals surface area contributed by atoms with E-state index in [2.05, 4.69) is 10.2 Å². The zero-order valence-electron chi connectivity index (χ0n) is 18.5. The SMILES string of the molecule is O=C(NCc1ccccc1)c1cccn(CC(=O)N2CCCCC2CN2CCCC2)c1=O. The molecule has 170 valence electrons. The first kappa shape index (κ1) is 22.3. The number of aromatic nitrogens is 1. The maximum Gasteiger partial charge on any atom is 0.263 e. The summed E-state index contributed by atoms with van der Waals surface area (Å²) in [5.74, 6) is -0.469. The third-order valence-electron chi connectivity index (χ3n) is 6.48. The van der Waals surface area contributed by atoms with Crippen molar-refractivity contribution < 1.29 is 9.59 Å². The summed E-state index contributed by atoms with van der Waals surface area (Å²) in [6.07, 6.45) is 7.20. The van der Waals surface area contributed by atoms with Gasteiger partial charge in [0.1, 0.15) is 12.1 Å². The molecule has 7 nitrogen and oxygen atoms in total. The first-order chi connectivity index (χ1) is 15.6. The van der Waals surface area contributed by atoms with Crippen LogP contribution in [0.15, 0.2) is 53.5 Å². The molecular weight excluding hydrogens is 404 g/mol. The number of amides is 2. The molecule has 1 aromatic heterocycles. The van der Waals surface area contributed by atoms with Gasteiger partial charge >= 0.3 is 0 Å². The maximum absolute atomic E-state index is 13.1. The molecule has 1 N–H and O–H groups in total. The summed E-state index contributed by atoms with van der Waals surface area (Å²) in [6.45, 7) is 4.19. The third-order valence-corrected chi connectivity index (χ3v) is 6.48. The number of benzene rings is 1. The Morgan fingerprint density at radius 1 is 0.938 bits per heavy atom. The van der Waals surface area contributed by atoms with Crippen LogP contribution in [-0.2, 0) is 17.9 Å². The minimum atomic E-state index is -0.431. The Hall–Kier alpha value is -2.93. The van der Waals surface area contributed by atoms with E-state index >= 15 is 0 Å². The highest BCUT2D eigenvalue weighted by molar-refractivity contribution is 5.93. The fourth-order valence-corrected chi connectivity index (χ4v) is 4.73. The van der Waals surface area contributed by atoms with Crippen LogP contribution in [0.2, 0.25) is 0 Å². The van der Waals surface area contributed by atoms with Crippen molar-refractivity contribution in [2.24, 2.45) is 0 Å². The number of hydrogen-bond donors (Lipinski definition) is 1. The number of carbonyl (C=O) groups excluding carboxylic acids is 2. The van der Waals surface area contributed by atoms with E-state index < -0.39 is 11.5 Å². The topological polar surface area (TPSA) is 74.7 Å². The highest BCUT2D eigenvalue weighted by Crippen LogP contribution is 2.20. The lowest BCUT2D eigenvalue weighted by Gasteiger charge is -2.38. The van der Waals surface area contributed by atoms with Gasteiger partial charge in [-0.2, -0.15) is 0 Å². The molecule has 2 aliphatic heterocycles. The minimum Gasteiger partial charge on any atom is -0.348 e. The molecule has 0 spiro atoms. The third kappa shape index (κ3) is 5.46. The van der Waals surface area contributed by atoms with Gasteiger partial charge in [-0.1, -0.05) is 30.3 Å². The Labute approximate surface area is 189 Å². The number of hydrogen-bond acceptors (Lipinski definition) is 4. The van der Waals surface area contributed by atoms with E-state index in [0.717, 1.165) is 51.0 Å². The van der Waals surface area contributed by atoms with Crippen LogP contribution in [0.1, 0.15) is 48.0 Å². The molecule has 7 heteroatoms. The van der Waals surface area contributed by atoms with E-state index in [1.807, 2.05) is 35.2 Å². The summed E-state index contributed by atoms with van der Waals surface area (Å²) in [5.41, 5.74) is 0.587. The summed E-state index contributed by atoms with van der Waals surface area (Å²) in [4.78, 5) is 43.1. The van der Waals surface area contributed by atoms with Crippen LogP contribution < -0.4 is 10.9 Å². The van der Waals surface area contributed by atoms with Crippen LogP contribution in [0.4, 0.5) is 0 Å². The molecule has 1 unspecified atom stereocenters. The summed E-state index contributed by atoms with van der Waals surface area (Å²) < 4.78 is 1.36. The van der Waals surface area contributed by atoms with Crippen molar-refractivity contribution in [3.05, 3.63) is 70.1 Å². The van der Waals surface area contributed by atoms with E-state index in [9.17, 15) is 14.4 Å². The van der Waals surface area contributed by atoms with Gasteiger partial charge in [0.15, 0.2) is 0 Å². The largest absolute Gasteiger partial charge is 0.348 e. The predicted octanol–water partition coefficient (Wildman–Crippen LogP) is 2.26. The fraction of sp³-hybridized carbons (Fsp3) is 0.480. The normalized spacial score (nSPS) is 19.1. The quantitative estimate of drug-likeness (QED) is 0.723. The number of piperidine rings is 1. The maximum atomic E-state index is 13.1.